The minimum absolute atomic E-state index is 0.0998. The summed E-state index contributed by atoms with van der Waals surface area (Å²) in [6.07, 6.45) is 3.24. The number of rotatable bonds is 10. The summed E-state index contributed by atoms with van der Waals surface area (Å²) >= 11 is 0. The van der Waals surface area contributed by atoms with Crippen LogP contribution in [0.1, 0.15) is 24.8 Å². The molecule has 4 rings (SSSR count). The zero-order valence-electron chi connectivity index (χ0n) is 22.0. The standard InChI is InChI=1S/C28H40N6O3/c1-21-17-24(4-5-25(21)31-28(36)7-10-30-20-35)33-15-13-32(14-16-33)19-22-8-11-34(12-9-22)26-6-3-23(29)18-27(26)37-2/h3-6,17-18,20,22H,7-16,19,29H2,1-2H3,(H,30,35)(H,31,36). The number of hydrogen-bond acceptors (Lipinski definition) is 7. The Labute approximate surface area is 219 Å². The lowest BCUT2D eigenvalue weighted by Gasteiger charge is -2.40. The fourth-order valence-electron chi connectivity index (χ4n) is 5.31. The molecule has 0 unspecified atom stereocenters. The first-order valence-corrected chi connectivity index (χ1v) is 13.2. The summed E-state index contributed by atoms with van der Waals surface area (Å²) in [5, 5.41) is 5.45. The van der Waals surface area contributed by atoms with E-state index in [1.54, 1.807) is 7.11 Å². The van der Waals surface area contributed by atoms with Gasteiger partial charge < -0.3 is 30.9 Å². The molecule has 2 aromatic rings. The van der Waals surface area contributed by atoms with E-state index in [-0.39, 0.29) is 12.3 Å². The van der Waals surface area contributed by atoms with Gasteiger partial charge in [-0.25, -0.2) is 0 Å². The number of piperazine rings is 1. The van der Waals surface area contributed by atoms with Gasteiger partial charge in [0.1, 0.15) is 5.75 Å². The molecule has 2 fully saturated rings. The highest BCUT2D eigenvalue weighted by atomic mass is 16.5. The maximum absolute atomic E-state index is 12.1. The second-order valence-corrected chi connectivity index (χ2v) is 10.0. The monoisotopic (exact) mass is 508 g/mol. The Morgan fingerprint density at radius 2 is 1.81 bits per heavy atom. The zero-order valence-corrected chi connectivity index (χ0v) is 22.0. The quantitative estimate of drug-likeness (QED) is 0.258. The number of piperidine rings is 1. The molecule has 2 amide bonds. The molecule has 2 aliphatic heterocycles. The molecular formula is C28H40N6O3. The number of hydrogen-bond donors (Lipinski definition) is 3. The largest absolute Gasteiger partial charge is 0.495 e. The zero-order chi connectivity index (χ0) is 26.2. The van der Waals surface area contributed by atoms with Gasteiger partial charge in [-0.3, -0.25) is 14.5 Å². The predicted molar refractivity (Wildman–Crippen MR) is 149 cm³/mol. The molecule has 0 bridgehead atoms. The third-order valence-electron chi connectivity index (χ3n) is 7.48. The molecule has 2 aliphatic rings. The molecule has 0 atom stereocenters. The third-order valence-corrected chi connectivity index (χ3v) is 7.48. The van der Waals surface area contributed by atoms with Crippen molar-refractivity contribution in [2.75, 3.05) is 80.3 Å². The molecule has 0 spiro atoms. The van der Waals surface area contributed by atoms with E-state index in [1.165, 1.54) is 18.5 Å². The van der Waals surface area contributed by atoms with Crippen LogP contribution >= 0.6 is 0 Å². The van der Waals surface area contributed by atoms with E-state index < -0.39 is 0 Å². The molecule has 2 heterocycles. The van der Waals surface area contributed by atoms with Gasteiger partial charge in [0.15, 0.2) is 0 Å². The van der Waals surface area contributed by atoms with Crippen LogP contribution in [0.15, 0.2) is 36.4 Å². The molecule has 200 valence electrons. The average Bonchev–Trinajstić information content (AvgIpc) is 2.91. The molecule has 2 saturated heterocycles. The van der Waals surface area contributed by atoms with Gasteiger partial charge in [0, 0.05) is 81.9 Å². The van der Waals surface area contributed by atoms with Crippen LogP contribution in [0.25, 0.3) is 0 Å². The number of carbonyl (C=O) groups excluding carboxylic acids is 2. The Hall–Kier alpha value is -3.46. The molecule has 0 aliphatic carbocycles. The topological polar surface area (TPSA) is 103 Å². The van der Waals surface area contributed by atoms with Crippen molar-refractivity contribution in [2.24, 2.45) is 5.92 Å². The second kappa shape index (κ2) is 12.7. The van der Waals surface area contributed by atoms with Crippen LogP contribution in [0.3, 0.4) is 0 Å². The van der Waals surface area contributed by atoms with Crippen molar-refractivity contribution in [3.05, 3.63) is 42.0 Å². The van der Waals surface area contributed by atoms with Crippen molar-refractivity contribution in [1.29, 1.82) is 0 Å². The van der Waals surface area contributed by atoms with E-state index in [9.17, 15) is 9.59 Å². The third kappa shape index (κ3) is 7.07. The van der Waals surface area contributed by atoms with Crippen LogP contribution in [0.5, 0.6) is 5.75 Å². The van der Waals surface area contributed by atoms with Gasteiger partial charge >= 0.3 is 0 Å². The number of benzene rings is 2. The van der Waals surface area contributed by atoms with Gasteiger partial charge in [-0.1, -0.05) is 0 Å². The summed E-state index contributed by atoms with van der Waals surface area (Å²) in [7, 11) is 1.70. The van der Waals surface area contributed by atoms with Crippen LogP contribution in [-0.4, -0.2) is 76.7 Å². The maximum atomic E-state index is 12.1. The Balaban J connectivity index is 1.22. The van der Waals surface area contributed by atoms with E-state index in [0.29, 0.717) is 13.0 Å². The first-order chi connectivity index (χ1) is 18.0. The van der Waals surface area contributed by atoms with Gasteiger partial charge in [0.05, 0.1) is 12.8 Å². The summed E-state index contributed by atoms with van der Waals surface area (Å²) in [5.74, 6) is 1.47. The van der Waals surface area contributed by atoms with E-state index in [2.05, 4.69) is 43.5 Å². The predicted octanol–water partition coefficient (Wildman–Crippen LogP) is 2.70. The van der Waals surface area contributed by atoms with E-state index in [4.69, 9.17) is 10.5 Å². The number of methoxy groups -OCH3 is 1. The number of anilines is 4. The lowest BCUT2D eigenvalue weighted by atomic mass is 9.95. The molecule has 37 heavy (non-hydrogen) atoms. The number of nitrogens with one attached hydrogen (secondary N) is 2. The van der Waals surface area contributed by atoms with Crippen molar-refractivity contribution in [3.63, 3.8) is 0 Å². The van der Waals surface area contributed by atoms with E-state index in [1.807, 2.05) is 25.1 Å². The lowest BCUT2D eigenvalue weighted by Crippen LogP contribution is -2.49. The summed E-state index contributed by atoms with van der Waals surface area (Å²) in [6, 6.07) is 12.1. The summed E-state index contributed by atoms with van der Waals surface area (Å²) in [6.45, 7) is 9.73. The van der Waals surface area contributed by atoms with Crippen molar-refractivity contribution in [1.82, 2.24) is 10.2 Å². The van der Waals surface area contributed by atoms with Crippen molar-refractivity contribution < 1.29 is 14.3 Å². The van der Waals surface area contributed by atoms with Gasteiger partial charge in [0.25, 0.3) is 0 Å². The molecule has 0 radical (unpaired) electrons. The number of ether oxygens (including phenoxy) is 1. The molecule has 4 N–H and O–H groups in total. The van der Waals surface area contributed by atoms with Crippen LogP contribution in [0.2, 0.25) is 0 Å². The number of aryl methyl sites for hydroxylation is 1. The molecule has 2 aromatic carbocycles. The van der Waals surface area contributed by atoms with Crippen molar-refractivity contribution >= 4 is 35.1 Å². The second-order valence-electron chi connectivity index (χ2n) is 10.0. The fraction of sp³-hybridized carbons (Fsp3) is 0.500. The summed E-state index contributed by atoms with van der Waals surface area (Å²) < 4.78 is 5.56. The SMILES string of the molecule is COc1cc(N)ccc1N1CCC(CN2CCN(c3ccc(NC(=O)CCNC=O)c(C)c3)CC2)CC1. The van der Waals surface area contributed by atoms with Gasteiger partial charge in [-0.05, 0) is 61.6 Å². The van der Waals surface area contributed by atoms with Crippen LogP contribution < -0.4 is 30.9 Å². The fourth-order valence-corrected chi connectivity index (χ4v) is 5.31. The number of nitrogens with two attached hydrogens (primary N) is 1. The summed E-state index contributed by atoms with van der Waals surface area (Å²) in [4.78, 5) is 29.9. The van der Waals surface area contributed by atoms with Crippen LogP contribution in [-0.2, 0) is 9.59 Å². The highest BCUT2D eigenvalue weighted by molar-refractivity contribution is 5.92. The average molecular weight is 509 g/mol. The van der Waals surface area contributed by atoms with Crippen LogP contribution in [0, 0.1) is 12.8 Å². The number of carbonyl (C=O) groups is 2. The Kier molecular flexibility index (Phi) is 9.11. The highest BCUT2D eigenvalue weighted by Crippen LogP contribution is 2.33. The molecule has 9 heteroatoms. The minimum Gasteiger partial charge on any atom is -0.495 e. The van der Waals surface area contributed by atoms with Crippen LogP contribution in [0.4, 0.5) is 22.7 Å². The van der Waals surface area contributed by atoms with Gasteiger partial charge in [-0.2, -0.15) is 0 Å². The molecule has 0 saturated carbocycles. The Morgan fingerprint density at radius 1 is 1.05 bits per heavy atom. The molecular weight excluding hydrogens is 468 g/mol. The number of nitrogen functional groups attached to an aromatic ring is 1. The maximum Gasteiger partial charge on any atom is 0.226 e. The Bertz CT molecular complexity index is 1060. The van der Waals surface area contributed by atoms with E-state index >= 15 is 0 Å². The summed E-state index contributed by atoms with van der Waals surface area (Å²) in [5.41, 5.74) is 10.9. The molecule has 0 aromatic heterocycles. The van der Waals surface area contributed by atoms with Crippen molar-refractivity contribution in [3.8, 4) is 5.75 Å². The highest BCUT2D eigenvalue weighted by Gasteiger charge is 2.25. The number of nitrogens with zero attached hydrogens (tertiary/aromatic N) is 3. The minimum atomic E-state index is -0.0998. The number of amides is 2. The first kappa shape index (κ1) is 26.6. The van der Waals surface area contributed by atoms with E-state index in [0.717, 1.165) is 80.1 Å². The van der Waals surface area contributed by atoms with Gasteiger partial charge in [0.2, 0.25) is 12.3 Å². The normalized spacial score (nSPS) is 16.9. The Morgan fingerprint density at radius 3 is 2.49 bits per heavy atom. The van der Waals surface area contributed by atoms with Gasteiger partial charge in [-0.15, -0.1) is 0 Å². The lowest BCUT2D eigenvalue weighted by molar-refractivity contribution is -0.116. The van der Waals surface area contributed by atoms with Crippen molar-refractivity contribution in [2.45, 2.75) is 26.2 Å². The molecule has 9 nitrogen and oxygen atoms in total. The smallest absolute Gasteiger partial charge is 0.226 e. The first-order valence-electron chi connectivity index (χ1n) is 13.2.